The SMILES string of the molecule is C[C@@H]1Cc2c([nH]c3ccccc23)[C@@H](c2c(F)cc(OCC(CO)NCCCF)cc2F)N1CC(C)(C)F. The highest BCUT2D eigenvalue weighted by Gasteiger charge is 2.41. The lowest BCUT2D eigenvalue weighted by Gasteiger charge is -2.43. The van der Waals surface area contributed by atoms with E-state index >= 15 is 8.78 Å². The van der Waals surface area contributed by atoms with Crippen molar-refractivity contribution in [2.75, 3.05) is 33.0 Å². The predicted octanol–water partition coefficient (Wildman–Crippen LogP) is 5.22. The summed E-state index contributed by atoms with van der Waals surface area (Å²) >= 11 is 0. The number of para-hydroxylation sites is 1. The molecule has 9 heteroatoms. The minimum Gasteiger partial charge on any atom is -0.492 e. The van der Waals surface area contributed by atoms with E-state index in [0.717, 1.165) is 28.6 Å². The summed E-state index contributed by atoms with van der Waals surface area (Å²) in [6, 6.07) is 8.42. The topological polar surface area (TPSA) is 60.5 Å². The second-order valence-corrected chi connectivity index (χ2v) is 10.4. The van der Waals surface area contributed by atoms with Crippen LogP contribution in [0, 0.1) is 11.6 Å². The van der Waals surface area contributed by atoms with Gasteiger partial charge in [0.05, 0.1) is 25.4 Å². The number of benzene rings is 2. The summed E-state index contributed by atoms with van der Waals surface area (Å²) in [5.74, 6) is -1.62. The van der Waals surface area contributed by atoms with Crippen LogP contribution in [-0.2, 0) is 6.42 Å². The third-order valence-corrected chi connectivity index (χ3v) is 6.82. The summed E-state index contributed by atoms with van der Waals surface area (Å²) in [7, 11) is 0. The van der Waals surface area contributed by atoms with Gasteiger partial charge in [0.25, 0.3) is 0 Å². The summed E-state index contributed by atoms with van der Waals surface area (Å²) < 4.78 is 64.1. The van der Waals surface area contributed by atoms with Crippen LogP contribution in [0.5, 0.6) is 5.75 Å². The molecule has 1 aliphatic rings. The van der Waals surface area contributed by atoms with Crippen molar-refractivity contribution in [1.82, 2.24) is 15.2 Å². The Labute approximate surface area is 214 Å². The third-order valence-electron chi connectivity index (χ3n) is 6.82. The number of rotatable bonds is 11. The molecule has 3 aromatic rings. The lowest BCUT2D eigenvalue weighted by Crippen LogP contribution is -2.48. The molecule has 0 amide bonds. The average molecular weight is 522 g/mol. The quantitative estimate of drug-likeness (QED) is 0.239. The molecule has 0 saturated heterocycles. The van der Waals surface area contributed by atoms with Gasteiger partial charge >= 0.3 is 0 Å². The minimum atomic E-state index is -1.58. The van der Waals surface area contributed by atoms with E-state index in [1.54, 1.807) is 0 Å². The first-order valence-electron chi connectivity index (χ1n) is 12.7. The minimum absolute atomic E-state index is 0.00645. The van der Waals surface area contributed by atoms with E-state index < -0.39 is 36.1 Å². The number of aliphatic hydroxyl groups excluding tert-OH is 1. The van der Waals surface area contributed by atoms with Crippen molar-refractivity contribution in [3.8, 4) is 5.75 Å². The van der Waals surface area contributed by atoms with Crippen LogP contribution < -0.4 is 10.1 Å². The van der Waals surface area contributed by atoms with Crippen LogP contribution in [0.15, 0.2) is 36.4 Å². The molecule has 3 atom stereocenters. The molecule has 1 aliphatic heterocycles. The van der Waals surface area contributed by atoms with E-state index in [4.69, 9.17) is 4.74 Å². The highest BCUT2D eigenvalue weighted by atomic mass is 19.1. The van der Waals surface area contributed by atoms with Crippen molar-refractivity contribution >= 4 is 10.9 Å². The van der Waals surface area contributed by atoms with Gasteiger partial charge in [0, 0.05) is 46.9 Å². The second kappa shape index (κ2) is 11.4. The summed E-state index contributed by atoms with van der Waals surface area (Å²) in [4.78, 5) is 5.17. The standard InChI is InChI=1S/C28H35F4N3O2/c1-17-11-21-20-7-4-5-8-24(20)34-26(21)27(35(17)16-28(2,3)32)25-22(30)12-19(13-23(25)31)37-15-18(14-36)33-10-6-9-29/h4-5,7-8,12-13,17-18,27,33-34,36H,6,9-11,14-16H2,1-3H3/t17-,18?,27-/m1/s1. The number of ether oxygens (including phenoxy) is 1. The molecule has 0 fully saturated rings. The fourth-order valence-electron chi connectivity index (χ4n) is 5.15. The van der Waals surface area contributed by atoms with Crippen molar-refractivity contribution in [2.24, 2.45) is 0 Å². The molecule has 1 unspecified atom stereocenters. The highest BCUT2D eigenvalue weighted by molar-refractivity contribution is 5.85. The average Bonchev–Trinajstić information content (AvgIpc) is 3.20. The van der Waals surface area contributed by atoms with Gasteiger partial charge in [0.15, 0.2) is 0 Å². The molecule has 2 heterocycles. The van der Waals surface area contributed by atoms with E-state index in [-0.39, 0.29) is 43.5 Å². The smallest absolute Gasteiger partial charge is 0.135 e. The number of halogens is 4. The van der Waals surface area contributed by atoms with Gasteiger partial charge in [0.2, 0.25) is 0 Å². The van der Waals surface area contributed by atoms with Crippen molar-refractivity contribution < 1.29 is 27.4 Å². The van der Waals surface area contributed by atoms with Crippen LogP contribution in [0.2, 0.25) is 0 Å². The van der Waals surface area contributed by atoms with Crippen molar-refractivity contribution in [2.45, 2.75) is 57.4 Å². The van der Waals surface area contributed by atoms with Gasteiger partial charge in [-0.1, -0.05) is 18.2 Å². The Hall–Kier alpha value is -2.62. The number of alkyl halides is 2. The van der Waals surface area contributed by atoms with Crippen LogP contribution >= 0.6 is 0 Å². The van der Waals surface area contributed by atoms with Gasteiger partial charge in [0.1, 0.15) is 29.7 Å². The van der Waals surface area contributed by atoms with Gasteiger partial charge in [-0.15, -0.1) is 0 Å². The first-order chi connectivity index (χ1) is 17.6. The zero-order valence-electron chi connectivity index (χ0n) is 21.5. The van der Waals surface area contributed by atoms with Gasteiger partial charge < -0.3 is 20.1 Å². The summed E-state index contributed by atoms with van der Waals surface area (Å²) in [6.45, 7) is 4.40. The molecule has 2 aromatic carbocycles. The molecular formula is C28H35F4N3O2. The Morgan fingerprint density at radius 1 is 1.22 bits per heavy atom. The Morgan fingerprint density at radius 2 is 1.92 bits per heavy atom. The van der Waals surface area contributed by atoms with E-state index in [0.29, 0.717) is 18.7 Å². The normalized spacial score (nSPS) is 19.2. The maximum absolute atomic E-state index is 15.7. The second-order valence-electron chi connectivity index (χ2n) is 10.4. The van der Waals surface area contributed by atoms with E-state index in [9.17, 15) is 13.9 Å². The monoisotopic (exact) mass is 521 g/mol. The molecule has 202 valence electrons. The third kappa shape index (κ3) is 6.10. The van der Waals surface area contributed by atoms with E-state index in [1.807, 2.05) is 36.1 Å². The van der Waals surface area contributed by atoms with Gasteiger partial charge in [-0.2, -0.15) is 0 Å². The maximum atomic E-state index is 15.7. The van der Waals surface area contributed by atoms with Gasteiger partial charge in [-0.3, -0.25) is 9.29 Å². The van der Waals surface area contributed by atoms with E-state index in [2.05, 4.69) is 10.3 Å². The molecule has 3 N–H and O–H groups in total. The molecule has 0 saturated carbocycles. The number of nitrogens with one attached hydrogen (secondary N) is 2. The number of H-pyrrole nitrogens is 1. The molecule has 37 heavy (non-hydrogen) atoms. The summed E-state index contributed by atoms with van der Waals surface area (Å²) in [6.07, 6.45) is 0.907. The lowest BCUT2D eigenvalue weighted by atomic mass is 9.87. The van der Waals surface area contributed by atoms with Crippen molar-refractivity contribution in [3.63, 3.8) is 0 Å². The Morgan fingerprint density at radius 3 is 2.57 bits per heavy atom. The maximum Gasteiger partial charge on any atom is 0.135 e. The number of aromatic nitrogens is 1. The van der Waals surface area contributed by atoms with Gasteiger partial charge in [-0.25, -0.2) is 13.2 Å². The predicted molar refractivity (Wildman–Crippen MR) is 137 cm³/mol. The number of hydrogen-bond donors (Lipinski definition) is 3. The molecule has 4 rings (SSSR count). The number of aliphatic hydroxyl groups is 1. The molecule has 5 nitrogen and oxygen atoms in total. The lowest BCUT2D eigenvalue weighted by molar-refractivity contribution is 0.0642. The van der Waals surface area contributed by atoms with Crippen LogP contribution in [-0.4, -0.2) is 65.7 Å². The zero-order valence-corrected chi connectivity index (χ0v) is 21.5. The first kappa shape index (κ1) is 27.4. The molecule has 0 spiro atoms. The summed E-state index contributed by atoms with van der Waals surface area (Å²) in [5.41, 5.74) is 0.746. The molecule has 0 radical (unpaired) electrons. The highest BCUT2D eigenvalue weighted by Crippen LogP contribution is 2.43. The summed E-state index contributed by atoms with van der Waals surface area (Å²) in [5, 5.41) is 13.4. The van der Waals surface area contributed by atoms with Crippen molar-refractivity contribution in [1.29, 1.82) is 0 Å². The fourth-order valence-corrected chi connectivity index (χ4v) is 5.15. The molecule has 0 aliphatic carbocycles. The molecular weight excluding hydrogens is 486 g/mol. The number of nitrogens with zero attached hydrogens (tertiary/aromatic N) is 1. The van der Waals surface area contributed by atoms with Crippen LogP contribution in [0.25, 0.3) is 10.9 Å². The Bertz CT molecular complexity index is 1190. The molecule has 0 bridgehead atoms. The molecule has 1 aromatic heterocycles. The van der Waals surface area contributed by atoms with Crippen molar-refractivity contribution in [3.05, 3.63) is 64.9 Å². The number of aromatic amines is 1. The zero-order chi connectivity index (χ0) is 26.7. The largest absolute Gasteiger partial charge is 0.492 e. The first-order valence-corrected chi connectivity index (χ1v) is 12.7. The number of fused-ring (bicyclic) bond motifs is 3. The van der Waals surface area contributed by atoms with Crippen LogP contribution in [0.3, 0.4) is 0 Å². The Balaban J connectivity index is 1.70. The van der Waals surface area contributed by atoms with E-state index in [1.165, 1.54) is 13.8 Å². The van der Waals surface area contributed by atoms with Crippen LogP contribution in [0.1, 0.15) is 50.1 Å². The van der Waals surface area contributed by atoms with Gasteiger partial charge in [-0.05, 0) is 51.8 Å². The fraction of sp³-hybridized carbons (Fsp3) is 0.500. The van der Waals surface area contributed by atoms with Crippen LogP contribution in [0.4, 0.5) is 17.6 Å². The number of hydrogen-bond acceptors (Lipinski definition) is 4. The Kier molecular flexibility index (Phi) is 8.46.